The molecule has 1 atom stereocenters. The van der Waals surface area contributed by atoms with E-state index < -0.39 is 10.0 Å². The van der Waals surface area contributed by atoms with Crippen molar-refractivity contribution in [3.8, 4) is 0 Å². The molecule has 0 aliphatic carbocycles. The minimum atomic E-state index is -3.60. The lowest BCUT2D eigenvalue weighted by Gasteiger charge is -2.30. The molecule has 11 heteroatoms. The SMILES string of the molecule is CC1CCCN(S(=O)(=O)c2ccc(C(=O)N(CCCN(C)C)c3nc4ccc(F)cc4s3)cc2)C1.Cl. The molecule has 1 unspecified atom stereocenters. The molecule has 1 aliphatic rings. The first kappa shape index (κ1) is 28.5. The molecule has 2 heterocycles. The van der Waals surface area contributed by atoms with Gasteiger partial charge in [-0.15, -0.1) is 12.4 Å². The van der Waals surface area contributed by atoms with E-state index in [9.17, 15) is 17.6 Å². The van der Waals surface area contributed by atoms with Crippen LogP contribution in [0.4, 0.5) is 9.52 Å². The first-order chi connectivity index (χ1) is 16.6. The highest BCUT2D eigenvalue weighted by atomic mass is 35.5. The summed E-state index contributed by atoms with van der Waals surface area (Å²) in [6.45, 7) is 4.32. The second-order valence-corrected chi connectivity index (χ2v) is 12.3. The average molecular weight is 555 g/mol. The molecule has 1 aliphatic heterocycles. The van der Waals surface area contributed by atoms with Crippen LogP contribution in [0.1, 0.15) is 36.5 Å². The predicted molar refractivity (Wildman–Crippen MR) is 145 cm³/mol. The molecule has 0 spiro atoms. The van der Waals surface area contributed by atoms with Crippen LogP contribution in [0.15, 0.2) is 47.4 Å². The van der Waals surface area contributed by atoms with E-state index in [-0.39, 0.29) is 29.0 Å². The van der Waals surface area contributed by atoms with Gasteiger partial charge in [-0.05, 0) is 88.3 Å². The van der Waals surface area contributed by atoms with Gasteiger partial charge in [-0.2, -0.15) is 4.31 Å². The van der Waals surface area contributed by atoms with Gasteiger partial charge in [-0.3, -0.25) is 9.69 Å². The highest BCUT2D eigenvalue weighted by molar-refractivity contribution is 7.89. The second-order valence-electron chi connectivity index (χ2n) is 9.36. The second kappa shape index (κ2) is 12.0. The van der Waals surface area contributed by atoms with Crippen molar-refractivity contribution in [1.82, 2.24) is 14.2 Å². The lowest BCUT2D eigenvalue weighted by molar-refractivity contribution is 0.0986. The number of thiazole rings is 1. The molecule has 4 rings (SSSR count). The molecular weight excluding hydrogens is 523 g/mol. The number of piperidine rings is 1. The first-order valence-electron chi connectivity index (χ1n) is 11.8. The molecule has 7 nitrogen and oxygen atoms in total. The smallest absolute Gasteiger partial charge is 0.260 e. The van der Waals surface area contributed by atoms with Crippen LogP contribution in [0.5, 0.6) is 0 Å². The maximum Gasteiger partial charge on any atom is 0.260 e. The molecule has 1 saturated heterocycles. The van der Waals surface area contributed by atoms with Crippen LogP contribution in [0.25, 0.3) is 10.2 Å². The average Bonchev–Trinajstić information content (AvgIpc) is 3.24. The van der Waals surface area contributed by atoms with Gasteiger partial charge in [0.1, 0.15) is 5.82 Å². The van der Waals surface area contributed by atoms with Gasteiger partial charge < -0.3 is 4.90 Å². The van der Waals surface area contributed by atoms with E-state index in [2.05, 4.69) is 11.9 Å². The topological polar surface area (TPSA) is 73.8 Å². The van der Waals surface area contributed by atoms with Crippen LogP contribution >= 0.6 is 23.7 Å². The summed E-state index contributed by atoms with van der Waals surface area (Å²) in [6.07, 6.45) is 2.61. The van der Waals surface area contributed by atoms with E-state index in [1.807, 2.05) is 19.0 Å². The number of aromatic nitrogens is 1. The van der Waals surface area contributed by atoms with Gasteiger partial charge in [0.15, 0.2) is 5.13 Å². The number of benzene rings is 2. The lowest BCUT2D eigenvalue weighted by Crippen LogP contribution is -2.39. The van der Waals surface area contributed by atoms with Crippen molar-refractivity contribution in [3.63, 3.8) is 0 Å². The summed E-state index contributed by atoms with van der Waals surface area (Å²) in [5, 5.41) is 0.494. The lowest BCUT2D eigenvalue weighted by atomic mass is 10.0. The largest absolute Gasteiger partial charge is 0.309 e. The van der Waals surface area contributed by atoms with Gasteiger partial charge in [0.2, 0.25) is 10.0 Å². The molecule has 0 radical (unpaired) electrons. The van der Waals surface area contributed by atoms with Gasteiger partial charge in [-0.25, -0.2) is 17.8 Å². The van der Waals surface area contributed by atoms with E-state index in [1.54, 1.807) is 23.1 Å². The van der Waals surface area contributed by atoms with Crippen molar-refractivity contribution < 1.29 is 17.6 Å². The summed E-state index contributed by atoms with van der Waals surface area (Å²) in [5.41, 5.74) is 1.01. The summed E-state index contributed by atoms with van der Waals surface area (Å²) < 4.78 is 42.1. The fourth-order valence-corrected chi connectivity index (χ4v) is 6.88. The normalized spacial score (nSPS) is 16.8. The van der Waals surface area contributed by atoms with E-state index >= 15 is 0 Å². The van der Waals surface area contributed by atoms with Crippen LogP contribution in [0.3, 0.4) is 0 Å². The highest BCUT2D eigenvalue weighted by Gasteiger charge is 2.29. The Morgan fingerprint density at radius 1 is 1.17 bits per heavy atom. The van der Waals surface area contributed by atoms with Gasteiger partial charge >= 0.3 is 0 Å². The molecule has 0 N–H and O–H groups in total. The molecule has 196 valence electrons. The van der Waals surface area contributed by atoms with E-state index in [0.717, 1.165) is 25.8 Å². The quantitative estimate of drug-likeness (QED) is 0.397. The third-order valence-electron chi connectivity index (χ3n) is 6.16. The minimum absolute atomic E-state index is 0. The monoisotopic (exact) mass is 554 g/mol. The Kier molecular flexibility index (Phi) is 9.45. The third kappa shape index (κ3) is 6.41. The van der Waals surface area contributed by atoms with Crippen molar-refractivity contribution in [1.29, 1.82) is 0 Å². The number of hydrogen-bond acceptors (Lipinski definition) is 6. The zero-order valence-corrected chi connectivity index (χ0v) is 23.1. The summed E-state index contributed by atoms with van der Waals surface area (Å²) in [4.78, 5) is 21.9. The fourth-order valence-electron chi connectivity index (χ4n) is 4.27. The zero-order valence-electron chi connectivity index (χ0n) is 20.7. The van der Waals surface area contributed by atoms with Gasteiger partial charge in [0.05, 0.1) is 15.1 Å². The number of nitrogens with zero attached hydrogens (tertiary/aromatic N) is 4. The Balaban J connectivity index is 0.00000361. The van der Waals surface area contributed by atoms with E-state index in [4.69, 9.17) is 0 Å². The molecule has 2 aromatic carbocycles. The molecule has 1 fully saturated rings. The number of amides is 1. The minimum Gasteiger partial charge on any atom is -0.309 e. The van der Waals surface area contributed by atoms with Crippen molar-refractivity contribution in [2.45, 2.75) is 31.1 Å². The first-order valence-corrected chi connectivity index (χ1v) is 14.0. The van der Waals surface area contributed by atoms with E-state index in [1.165, 1.54) is 39.9 Å². The number of rotatable bonds is 8. The molecule has 1 aromatic heterocycles. The Morgan fingerprint density at radius 2 is 1.89 bits per heavy atom. The van der Waals surface area contributed by atoms with Crippen molar-refractivity contribution >= 4 is 55.0 Å². The number of sulfonamides is 1. The zero-order chi connectivity index (χ0) is 25.2. The van der Waals surface area contributed by atoms with Crippen molar-refractivity contribution in [2.75, 3.05) is 45.2 Å². The van der Waals surface area contributed by atoms with Crippen LogP contribution in [0.2, 0.25) is 0 Å². The maximum atomic E-state index is 13.7. The van der Waals surface area contributed by atoms with Crippen LogP contribution in [-0.4, -0.2) is 68.8 Å². The molecule has 36 heavy (non-hydrogen) atoms. The van der Waals surface area contributed by atoms with Gasteiger partial charge in [-0.1, -0.05) is 18.3 Å². The highest BCUT2D eigenvalue weighted by Crippen LogP contribution is 2.31. The number of anilines is 1. The number of hydrogen-bond donors (Lipinski definition) is 0. The summed E-state index contributed by atoms with van der Waals surface area (Å²) in [5.74, 6) is -0.283. The van der Waals surface area contributed by atoms with Crippen molar-refractivity contribution in [3.05, 3.63) is 53.8 Å². The predicted octanol–water partition coefficient (Wildman–Crippen LogP) is 4.88. The van der Waals surface area contributed by atoms with Gasteiger partial charge in [0.25, 0.3) is 5.91 Å². The molecule has 3 aromatic rings. The molecule has 1 amide bonds. The number of carbonyl (C=O) groups excluding carboxylic acids is 1. The van der Waals surface area contributed by atoms with E-state index in [0.29, 0.717) is 46.5 Å². The summed E-state index contributed by atoms with van der Waals surface area (Å²) >= 11 is 1.27. The van der Waals surface area contributed by atoms with Gasteiger partial charge in [0, 0.05) is 25.2 Å². The van der Waals surface area contributed by atoms with Crippen LogP contribution in [0, 0.1) is 11.7 Å². The summed E-state index contributed by atoms with van der Waals surface area (Å²) in [6, 6.07) is 10.5. The summed E-state index contributed by atoms with van der Waals surface area (Å²) in [7, 11) is 0.336. The number of carbonyl (C=O) groups is 1. The van der Waals surface area contributed by atoms with Crippen LogP contribution < -0.4 is 4.90 Å². The third-order valence-corrected chi connectivity index (χ3v) is 9.08. The number of halogens is 2. The van der Waals surface area contributed by atoms with Crippen LogP contribution in [-0.2, 0) is 10.0 Å². The molecule has 0 bridgehead atoms. The Morgan fingerprint density at radius 3 is 2.56 bits per heavy atom. The maximum absolute atomic E-state index is 13.7. The molecule has 0 saturated carbocycles. The Bertz CT molecular complexity index is 1300. The molecular formula is C25H32ClFN4O3S2. The standard InChI is InChI=1S/C25H31FN4O3S2.ClH/c1-18-6-4-14-29(17-18)35(32,33)21-10-7-19(8-11-21)24(31)30(15-5-13-28(2)3)25-27-22-12-9-20(26)16-23(22)34-25;/h7-12,16,18H,4-6,13-15,17H2,1-3H3;1H. The fraction of sp³-hybridized carbons (Fsp3) is 0.440. The number of fused-ring (bicyclic) bond motifs is 1. The Hall–Kier alpha value is -2.11. The van der Waals surface area contributed by atoms with Crippen molar-refractivity contribution in [2.24, 2.45) is 5.92 Å². The Labute approximate surface area is 222 Å².